The van der Waals surface area contributed by atoms with Crippen molar-refractivity contribution in [3.63, 3.8) is 0 Å². The Morgan fingerprint density at radius 2 is 1.88 bits per heavy atom. The van der Waals surface area contributed by atoms with Crippen molar-refractivity contribution < 1.29 is 14.3 Å². The maximum absolute atomic E-state index is 12.9. The highest BCUT2D eigenvalue weighted by Gasteiger charge is 2.43. The fourth-order valence-electron chi connectivity index (χ4n) is 4.36. The molecule has 2 amide bonds. The van der Waals surface area contributed by atoms with Crippen molar-refractivity contribution in [1.29, 1.82) is 0 Å². The van der Waals surface area contributed by atoms with Gasteiger partial charge in [0, 0.05) is 39.1 Å². The smallest absolute Gasteiger partial charge is 0.228 e. The summed E-state index contributed by atoms with van der Waals surface area (Å²) in [6.45, 7) is 6.59. The second-order valence-corrected chi connectivity index (χ2v) is 7.23. The molecule has 4 rings (SSSR count). The van der Waals surface area contributed by atoms with Crippen molar-refractivity contribution in [2.75, 3.05) is 44.2 Å². The number of nitrogens with one attached hydrogen (secondary N) is 1. The minimum Gasteiger partial charge on any atom is -0.492 e. The number of halogens is 1. The summed E-state index contributed by atoms with van der Waals surface area (Å²) in [5.74, 6) is 1.76. The van der Waals surface area contributed by atoms with Crippen molar-refractivity contribution in [1.82, 2.24) is 10.2 Å². The number of para-hydroxylation sites is 2. The van der Waals surface area contributed by atoms with E-state index >= 15 is 0 Å². The third kappa shape index (κ3) is 3.40. The molecule has 0 spiro atoms. The van der Waals surface area contributed by atoms with E-state index in [-0.39, 0.29) is 30.1 Å². The number of benzene rings is 1. The Balaban J connectivity index is 0.00000196. The highest BCUT2D eigenvalue weighted by Crippen LogP contribution is 2.35. The van der Waals surface area contributed by atoms with Crippen molar-refractivity contribution in [2.45, 2.75) is 13.3 Å². The minimum absolute atomic E-state index is 0. The number of amides is 2. The van der Waals surface area contributed by atoms with E-state index in [0.29, 0.717) is 37.2 Å². The Morgan fingerprint density at radius 3 is 2.58 bits per heavy atom. The summed E-state index contributed by atoms with van der Waals surface area (Å²) in [7, 11) is 0. The van der Waals surface area contributed by atoms with Gasteiger partial charge >= 0.3 is 0 Å². The Hall–Kier alpha value is -1.79. The van der Waals surface area contributed by atoms with E-state index in [0.717, 1.165) is 31.9 Å². The van der Waals surface area contributed by atoms with E-state index in [1.54, 1.807) is 4.90 Å². The second-order valence-electron chi connectivity index (χ2n) is 7.23. The maximum atomic E-state index is 12.9. The lowest BCUT2D eigenvalue weighted by atomic mass is 10.0. The molecule has 1 N–H and O–H groups in total. The quantitative estimate of drug-likeness (QED) is 0.862. The first-order valence-electron chi connectivity index (χ1n) is 9.19. The zero-order valence-corrected chi connectivity index (χ0v) is 15.8. The van der Waals surface area contributed by atoms with Crippen LogP contribution >= 0.6 is 12.4 Å². The van der Waals surface area contributed by atoms with Crippen molar-refractivity contribution in [3.8, 4) is 5.75 Å². The monoisotopic (exact) mass is 379 g/mol. The van der Waals surface area contributed by atoms with Crippen LogP contribution in [0.25, 0.3) is 0 Å². The molecule has 142 valence electrons. The van der Waals surface area contributed by atoms with Gasteiger partial charge < -0.3 is 19.9 Å². The molecule has 0 aliphatic carbocycles. The normalized spacial score (nSPS) is 27.4. The van der Waals surface area contributed by atoms with Crippen LogP contribution in [0.1, 0.15) is 13.3 Å². The molecule has 0 bridgehead atoms. The largest absolute Gasteiger partial charge is 0.492 e. The summed E-state index contributed by atoms with van der Waals surface area (Å²) in [6, 6.07) is 7.56. The van der Waals surface area contributed by atoms with Crippen LogP contribution in [0.4, 0.5) is 5.69 Å². The summed E-state index contributed by atoms with van der Waals surface area (Å²) < 4.78 is 5.65. The summed E-state index contributed by atoms with van der Waals surface area (Å²) in [6.07, 6.45) is 0.295. The fraction of sp³-hybridized carbons (Fsp3) is 0.579. The number of nitrogens with zero attached hydrogens (tertiary/aromatic N) is 2. The van der Waals surface area contributed by atoms with Gasteiger partial charge in [-0.05, 0) is 30.9 Å². The topological polar surface area (TPSA) is 61.9 Å². The predicted molar refractivity (Wildman–Crippen MR) is 102 cm³/mol. The number of likely N-dealkylation sites (tertiary alicyclic amines) is 1. The van der Waals surface area contributed by atoms with E-state index in [4.69, 9.17) is 4.74 Å². The van der Waals surface area contributed by atoms with Crippen LogP contribution in [0.2, 0.25) is 0 Å². The molecular formula is C19H26ClN3O3. The Bertz CT molecular complexity index is 672. The van der Waals surface area contributed by atoms with E-state index in [2.05, 4.69) is 5.32 Å². The van der Waals surface area contributed by atoms with Gasteiger partial charge in [0.25, 0.3) is 0 Å². The van der Waals surface area contributed by atoms with E-state index in [1.165, 1.54) is 0 Å². The number of carbonyl (C=O) groups is 2. The van der Waals surface area contributed by atoms with Crippen LogP contribution in [-0.4, -0.2) is 56.0 Å². The molecule has 3 aliphatic rings. The summed E-state index contributed by atoms with van der Waals surface area (Å²) in [4.78, 5) is 29.1. The molecule has 0 radical (unpaired) electrons. The van der Waals surface area contributed by atoms with Crippen molar-refractivity contribution >= 4 is 29.9 Å². The zero-order valence-electron chi connectivity index (χ0n) is 15.0. The molecule has 0 aromatic heterocycles. The van der Waals surface area contributed by atoms with Gasteiger partial charge in [0.15, 0.2) is 0 Å². The van der Waals surface area contributed by atoms with E-state index < -0.39 is 0 Å². The van der Waals surface area contributed by atoms with Crippen LogP contribution in [0.5, 0.6) is 5.75 Å². The van der Waals surface area contributed by atoms with Crippen molar-refractivity contribution in [3.05, 3.63) is 24.3 Å². The van der Waals surface area contributed by atoms with Crippen LogP contribution < -0.4 is 15.0 Å². The molecular weight excluding hydrogens is 354 g/mol. The van der Waals surface area contributed by atoms with E-state index in [1.807, 2.05) is 36.1 Å². The first-order chi connectivity index (χ1) is 12.2. The molecule has 26 heavy (non-hydrogen) atoms. The number of fused-ring (bicyclic) bond motifs is 1. The molecule has 1 aromatic carbocycles. The summed E-state index contributed by atoms with van der Waals surface area (Å²) >= 11 is 0. The number of rotatable bonds is 4. The standard InChI is InChI=1S/C19H25N3O3.ClH/c1-2-25-17-6-4-3-5-16(17)22-12-13(7-18(22)23)19(24)21-10-14-8-20-9-15(14)11-21;/h3-6,13-15,20H,2,7-12H2,1H3;1H/t13?,14-,15+;. The molecule has 7 heteroatoms. The SMILES string of the molecule is CCOc1ccccc1N1CC(C(=O)N2C[C@H]3CNC[C@H]3C2)CC1=O.Cl. The Kier molecular flexibility index (Phi) is 5.73. The van der Waals surface area contributed by atoms with Gasteiger partial charge in [-0.3, -0.25) is 9.59 Å². The zero-order chi connectivity index (χ0) is 17.4. The van der Waals surface area contributed by atoms with Gasteiger partial charge in [0.1, 0.15) is 5.75 Å². The molecule has 1 unspecified atom stereocenters. The lowest BCUT2D eigenvalue weighted by molar-refractivity contribution is -0.135. The first-order valence-corrected chi connectivity index (χ1v) is 9.19. The molecule has 1 aromatic rings. The summed E-state index contributed by atoms with van der Waals surface area (Å²) in [5, 5.41) is 3.39. The maximum Gasteiger partial charge on any atom is 0.228 e. The van der Waals surface area contributed by atoms with Crippen molar-refractivity contribution in [2.24, 2.45) is 17.8 Å². The molecule has 0 saturated carbocycles. The number of carbonyl (C=O) groups excluding carboxylic acids is 2. The summed E-state index contributed by atoms with van der Waals surface area (Å²) in [5.41, 5.74) is 0.771. The average molecular weight is 380 g/mol. The number of anilines is 1. The fourth-order valence-corrected chi connectivity index (χ4v) is 4.36. The van der Waals surface area contributed by atoms with Gasteiger partial charge in [-0.15, -0.1) is 12.4 Å². The van der Waals surface area contributed by atoms with Gasteiger partial charge in [-0.25, -0.2) is 0 Å². The predicted octanol–water partition coefficient (Wildman–Crippen LogP) is 1.54. The van der Waals surface area contributed by atoms with Crippen LogP contribution in [0.15, 0.2) is 24.3 Å². The second kappa shape index (κ2) is 7.84. The number of ether oxygens (including phenoxy) is 1. The van der Waals surface area contributed by atoms with Gasteiger partial charge in [-0.1, -0.05) is 12.1 Å². The first kappa shape index (κ1) is 19.0. The van der Waals surface area contributed by atoms with Crippen LogP contribution in [0.3, 0.4) is 0 Å². The molecule has 6 nitrogen and oxygen atoms in total. The Morgan fingerprint density at radius 1 is 1.19 bits per heavy atom. The highest BCUT2D eigenvalue weighted by molar-refractivity contribution is 6.01. The molecule has 3 fully saturated rings. The van der Waals surface area contributed by atoms with Gasteiger partial charge in [0.05, 0.1) is 18.2 Å². The number of hydrogen-bond acceptors (Lipinski definition) is 4. The van der Waals surface area contributed by atoms with Gasteiger partial charge in [0.2, 0.25) is 11.8 Å². The highest BCUT2D eigenvalue weighted by atomic mass is 35.5. The van der Waals surface area contributed by atoms with Crippen LogP contribution in [0, 0.1) is 17.8 Å². The molecule has 3 saturated heterocycles. The minimum atomic E-state index is -0.242. The molecule has 3 aliphatic heterocycles. The third-order valence-electron chi connectivity index (χ3n) is 5.63. The number of hydrogen-bond donors (Lipinski definition) is 1. The lowest BCUT2D eigenvalue weighted by Gasteiger charge is -2.22. The van der Waals surface area contributed by atoms with E-state index in [9.17, 15) is 9.59 Å². The van der Waals surface area contributed by atoms with Crippen LogP contribution in [-0.2, 0) is 9.59 Å². The third-order valence-corrected chi connectivity index (χ3v) is 5.63. The van der Waals surface area contributed by atoms with Gasteiger partial charge in [-0.2, -0.15) is 0 Å². The average Bonchev–Trinajstić information content (AvgIpc) is 3.29. The molecule has 3 atom stereocenters. The molecule has 3 heterocycles. The Labute approximate surface area is 160 Å². The lowest BCUT2D eigenvalue weighted by Crippen LogP contribution is -2.37.